The van der Waals surface area contributed by atoms with E-state index in [1.165, 1.54) is 49.7 Å². The van der Waals surface area contributed by atoms with E-state index >= 15 is 0 Å². The summed E-state index contributed by atoms with van der Waals surface area (Å²) in [6.45, 7) is 0. The summed E-state index contributed by atoms with van der Waals surface area (Å²) in [6.07, 6.45) is 1.33. The monoisotopic (exact) mass is 341 g/mol. The molecule has 0 saturated carbocycles. The van der Waals surface area contributed by atoms with Crippen LogP contribution in [0.3, 0.4) is 0 Å². The van der Waals surface area contributed by atoms with E-state index in [0.29, 0.717) is 16.8 Å². The molecule has 0 fully saturated rings. The van der Waals surface area contributed by atoms with E-state index in [-0.39, 0.29) is 5.75 Å². The summed E-state index contributed by atoms with van der Waals surface area (Å²) in [4.78, 5) is 34.7. The molecule has 0 heterocycles. The molecule has 0 bridgehead atoms. The maximum atomic E-state index is 11.8. The van der Waals surface area contributed by atoms with Crippen molar-refractivity contribution in [2.24, 2.45) is 5.10 Å². The van der Waals surface area contributed by atoms with Gasteiger partial charge in [-0.2, -0.15) is 5.10 Å². The Morgan fingerprint density at radius 3 is 2.24 bits per heavy atom. The quantitative estimate of drug-likeness (QED) is 0.335. The van der Waals surface area contributed by atoms with Crippen molar-refractivity contribution in [2.75, 3.05) is 12.4 Å². The van der Waals surface area contributed by atoms with Crippen molar-refractivity contribution in [1.29, 1.82) is 0 Å². The van der Waals surface area contributed by atoms with Gasteiger partial charge in [0.15, 0.2) is 0 Å². The highest BCUT2D eigenvalue weighted by Crippen LogP contribution is 2.10. The van der Waals surface area contributed by atoms with Crippen LogP contribution < -0.4 is 10.7 Å². The molecule has 0 aliphatic carbocycles. The van der Waals surface area contributed by atoms with Crippen LogP contribution in [0.5, 0.6) is 5.75 Å². The first kappa shape index (κ1) is 17.7. The summed E-state index contributed by atoms with van der Waals surface area (Å²) in [5, 5.41) is 15.2. The molecule has 0 saturated heterocycles. The number of carbonyl (C=O) groups is 3. The predicted octanol–water partition coefficient (Wildman–Crippen LogP) is 1.27. The van der Waals surface area contributed by atoms with Crippen LogP contribution >= 0.6 is 0 Å². The van der Waals surface area contributed by atoms with E-state index < -0.39 is 17.8 Å². The second kappa shape index (κ2) is 8.25. The van der Waals surface area contributed by atoms with Gasteiger partial charge < -0.3 is 15.2 Å². The minimum atomic E-state index is -0.952. The van der Waals surface area contributed by atoms with Crippen LogP contribution in [0.4, 0.5) is 5.69 Å². The van der Waals surface area contributed by atoms with Gasteiger partial charge in [-0.25, -0.2) is 10.2 Å². The highest BCUT2D eigenvalue weighted by Gasteiger charge is 2.13. The summed E-state index contributed by atoms with van der Waals surface area (Å²) in [5.41, 5.74) is 3.39. The van der Waals surface area contributed by atoms with Gasteiger partial charge in [0.05, 0.1) is 18.9 Å². The fraction of sp³-hybridized carbons (Fsp3) is 0.0588. The fourth-order valence-corrected chi connectivity index (χ4v) is 1.77. The average Bonchev–Trinajstić information content (AvgIpc) is 2.63. The smallest absolute Gasteiger partial charge is 0.337 e. The maximum absolute atomic E-state index is 11.8. The van der Waals surface area contributed by atoms with E-state index in [2.05, 4.69) is 20.6 Å². The van der Waals surface area contributed by atoms with Crippen LogP contribution in [-0.2, 0) is 14.3 Å². The van der Waals surface area contributed by atoms with Crippen LogP contribution in [0, 0.1) is 0 Å². The van der Waals surface area contributed by atoms with E-state index in [1.54, 1.807) is 12.1 Å². The molecule has 0 spiro atoms. The van der Waals surface area contributed by atoms with Gasteiger partial charge in [-0.05, 0) is 54.1 Å². The van der Waals surface area contributed by atoms with Gasteiger partial charge in [0, 0.05) is 5.69 Å². The molecule has 2 rings (SSSR count). The van der Waals surface area contributed by atoms with Crippen molar-refractivity contribution < 1.29 is 24.2 Å². The molecule has 0 aromatic heterocycles. The van der Waals surface area contributed by atoms with Crippen LogP contribution in [0.2, 0.25) is 0 Å². The number of hydrogen-bond donors (Lipinski definition) is 3. The number of hydrogen-bond acceptors (Lipinski definition) is 6. The third kappa shape index (κ3) is 5.17. The van der Waals surface area contributed by atoms with Crippen molar-refractivity contribution in [3.8, 4) is 5.75 Å². The molecule has 0 atom stereocenters. The molecule has 8 heteroatoms. The van der Waals surface area contributed by atoms with Crippen LogP contribution in [-0.4, -0.2) is 36.2 Å². The zero-order chi connectivity index (χ0) is 18.2. The minimum absolute atomic E-state index is 0.110. The Balaban J connectivity index is 1.88. The molecule has 2 aromatic carbocycles. The SMILES string of the molecule is COC(=O)c1ccc(NC(=O)C(=O)N/N=C/c2ccc(O)cc2)cc1. The van der Waals surface area contributed by atoms with Gasteiger partial charge in [-0.15, -0.1) is 0 Å². The van der Waals surface area contributed by atoms with Gasteiger partial charge in [-0.1, -0.05) is 0 Å². The second-order valence-electron chi connectivity index (χ2n) is 4.81. The number of nitrogens with zero attached hydrogens (tertiary/aromatic N) is 1. The molecule has 0 aliphatic heterocycles. The average molecular weight is 341 g/mol. The number of hydrazone groups is 1. The van der Waals surface area contributed by atoms with Crippen LogP contribution in [0.25, 0.3) is 0 Å². The normalized spacial score (nSPS) is 10.3. The Morgan fingerprint density at radius 1 is 1.00 bits per heavy atom. The molecule has 3 N–H and O–H groups in total. The number of benzene rings is 2. The van der Waals surface area contributed by atoms with Gasteiger partial charge in [0.1, 0.15) is 5.75 Å². The van der Waals surface area contributed by atoms with Crippen molar-refractivity contribution in [2.45, 2.75) is 0 Å². The molecule has 0 unspecified atom stereocenters. The summed E-state index contributed by atoms with van der Waals surface area (Å²) in [7, 11) is 1.26. The largest absolute Gasteiger partial charge is 0.508 e. The number of phenolic OH excluding ortho intramolecular Hbond substituents is 1. The van der Waals surface area contributed by atoms with E-state index in [4.69, 9.17) is 5.11 Å². The second-order valence-corrected chi connectivity index (χ2v) is 4.81. The van der Waals surface area contributed by atoms with Gasteiger partial charge >= 0.3 is 17.8 Å². The number of carbonyl (C=O) groups excluding carboxylic acids is 3. The van der Waals surface area contributed by atoms with Crippen molar-refractivity contribution in [3.05, 3.63) is 59.7 Å². The van der Waals surface area contributed by atoms with Crippen molar-refractivity contribution >= 4 is 29.7 Å². The molecule has 0 aliphatic rings. The lowest BCUT2D eigenvalue weighted by Gasteiger charge is -2.05. The molecule has 2 aromatic rings. The van der Waals surface area contributed by atoms with E-state index in [0.717, 1.165) is 0 Å². The summed E-state index contributed by atoms with van der Waals surface area (Å²) < 4.78 is 4.56. The van der Waals surface area contributed by atoms with Crippen LogP contribution in [0.15, 0.2) is 53.6 Å². The Kier molecular flexibility index (Phi) is 5.83. The Hall–Kier alpha value is -3.68. The highest BCUT2D eigenvalue weighted by molar-refractivity contribution is 6.39. The first-order valence-electron chi connectivity index (χ1n) is 7.11. The first-order chi connectivity index (χ1) is 12.0. The number of rotatable bonds is 4. The lowest BCUT2D eigenvalue weighted by Crippen LogP contribution is -2.32. The van der Waals surface area contributed by atoms with Crippen LogP contribution in [0.1, 0.15) is 15.9 Å². The molecule has 0 radical (unpaired) electrons. The molecule has 8 nitrogen and oxygen atoms in total. The minimum Gasteiger partial charge on any atom is -0.508 e. The number of phenols is 1. The lowest BCUT2D eigenvalue weighted by atomic mass is 10.2. The third-order valence-electron chi connectivity index (χ3n) is 3.04. The lowest BCUT2D eigenvalue weighted by molar-refractivity contribution is -0.136. The number of amides is 2. The molecule has 25 heavy (non-hydrogen) atoms. The molecule has 2 amide bonds. The van der Waals surface area contributed by atoms with Gasteiger partial charge in [0.25, 0.3) is 0 Å². The zero-order valence-electron chi connectivity index (χ0n) is 13.2. The maximum Gasteiger partial charge on any atom is 0.337 e. The fourth-order valence-electron chi connectivity index (χ4n) is 1.77. The Morgan fingerprint density at radius 2 is 1.64 bits per heavy atom. The molecular weight excluding hydrogens is 326 g/mol. The third-order valence-corrected chi connectivity index (χ3v) is 3.04. The summed E-state index contributed by atoms with van der Waals surface area (Å²) in [6, 6.07) is 12.0. The number of anilines is 1. The standard InChI is InChI=1S/C17H15N3O5/c1-25-17(24)12-4-6-13(7-5-12)19-15(22)16(23)20-18-10-11-2-8-14(21)9-3-11/h2-10,21H,1H3,(H,19,22)(H,20,23)/b18-10+. The topological polar surface area (TPSA) is 117 Å². The van der Waals surface area contributed by atoms with Gasteiger partial charge in [0.2, 0.25) is 0 Å². The zero-order valence-corrected chi connectivity index (χ0v) is 13.2. The summed E-state index contributed by atoms with van der Waals surface area (Å²) in [5.74, 6) is -2.25. The summed E-state index contributed by atoms with van der Waals surface area (Å²) >= 11 is 0. The van der Waals surface area contributed by atoms with Gasteiger partial charge in [-0.3, -0.25) is 9.59 Å². The number of methoxy groups -OCH3 is 1. The predicted molar refractivity (Wildman–Crippen MR) is 90.3 cm³/mol. The molecular formula is C17H15N3O5. The van der Waals surface area contributed by atoms with Crippen molar-refractivity contribution in [1.82, 2.24) is 5.43 Å². The molecule has 128 valence electrons. The number of ether oxygens (including phenoxy) is 1. The number of aromatic hydroxyl groups is 1. The Bertz CT molecular complexity index is 798. The van der Waals surface area contributed by atoms with Crippen molar-refractivity contribution in [3.63, 3.8) is 0 Å². The number of esters is 1. The first-order valence-corrected chi connectivity index (χ1v) is 7.11. The highest BCUT2D eigenvalue weighted by atomic mass is 16.5. The van der Waals surface area contributed by atoms with E-state index in [9.17, 15) is 14.4 Å². The van der Waals surface area contributed by atoms with E-state index in [1.807, 2.05) is 0 Å². The number of nitrogens with one attached hydrogen (secondary N) is 2. The Labute approximate surface area is 143 Å².